The molecule has 0 spiro atoms. The highest BCUT2D eigenvalue weighted by atomic mass is 16.9. The molecule has 0 bridgehead atoms. The van der Waals surface area contributed by atoms with Crippen molar-refractivity contribution in [2.24, 2.45) is 0 Å². The largest absolute Gasteiger partial charge is 0.356 e. The topological polar surface area (TPSA) is 66.2 Å². The summed E-state index contributed by atoms with van der Waals surface area (Å²) in [5.41, 5.74) is 2.71. The zero-order chi connectivity index (χ0) is 15.0. The Balaban J connectivity index is 0.000000444. The fraction of sp³-hybridized carbons (Fsp3) is 0.200. The highest BCUT2D eigenvalue weighted by molar-refractivity contribution is 5.41. The van der Waals surface area contributed by atoms with Crippen LogP contribution in [-0.2, 0) is 6.54 Å². The van der Waals surface area contributed by atoms with Crippen molar-refractivity contribution in [1.82, 2.24) is 4.48 Å². The molecular weight excluding hydrogens is 256 g/mol. The van der Waals surface area contributed by atoms with Crippen molar-refractivity contribution < 1.29 is 5.09 Å². The number of nitrogens with zero attached hydrogens (tertiary/aromatic N) is 2. The fourth-order valence-electron chi connectivity index (χ4n) is 1.96. The van der Waals surface area contributed by atoms with Gasteiger partial charge in [0.1, 0.15) is 12.2 Å². The van der Waals surface area contributed by atoms with E-state index in [4.69, 9.17) is 15.3 Å². The van der Waals surface area contributed by atoms with Gasteiger partial charge in [0.15, 0.2) is 0 Å². The van der Waals surface area contributed by atoms with Gasteiger partial charge in [-0.3, -0.25) is 4.48 Å². The predicted octanol–water partition coefficient (Wildman–Crippen LogP) is 3.21. The molecule has 0 saturated carbocycles. The van der Waals surface area contributed by atoms with E-state index in [1.807, 2.05) is 0 Å². The molecule has 0 aliphatic rings. The molecule has 0 aliphatic carbocycles. The molecule has 0 radical (unpaired) electrons. The van der Waals surface area contributed by atoms with E-state index >= 15 is 0 Å². The maximum absolute atomic E-state index is 8.25. The third kappa shape index (κ3) is 5.49. The average molecular weight is 274 g/mol. The lowest BCUT2D eigenvalue weighted by atomic mass is 10.2. The molecule has 0 aromatic heterocycles. The number of quaternary nitrogens is 1. The molecule has 5 heteroatoms. The van der Waals surface area contributed by atoms with Gasteiger partial charge < -0.3 is 15.3 Å². The maximum atomic E-state index is 8.25. The molecule has 20 heavy (non-hydrogen) atoms. The van der Waals surface area contributed by atoms with Crippen LogP contribution in [0.15, 0.2) is 60.7 Å². The van der Waals surface area contributed by atoms with E-state index < -0.39 is 5.09 Å². The molecule has 106 valence electrons. The normalized spacial score (nSPS) is 10.3. The summed E-state index contributed by atoms with van der Waals surface area (Å²) in [4.78, 5) is 8.25. The Morgan fingerprint density at radius 2 is 1.30 bits per heavy atom. The quantitative estimate of drug-likeness (QED) is 0.490. The minimum atomic E-state index is -1.75. The van der Waals surface area contributed by atoms with Gasteiger partial charge in [-0.15, -0.1) is 0 Å². The first-order valence-electron chi connectivity index (χ1n) is 6.16. The van der Waals surface area contributed by atoms with Crippen LogP contribution in [0.5, 0.6) is 0 Å². The lowest BCUT2D eigenvalue weighted by Crippen LogP contribution is -2.39. The SMILES string of the molecule is C[N+](C)(Cc1ccccc1)c1ccccc1.O=[N+]([O-])[O-]. The molecule has 0 N–H and O–H groups in total. The van der Waals surface area contributed by atoms with Crippen molar-refractivity contribution in [2.45, 2.75) is 6.54 Å². The standard InChI is InChI=1S/C15H18N.NO3/c1-16(2,15-11-7-4-8-12-15)13-14-9-5-3-6-10-14;2-1(3)4/h3-12H,13H2,1-2H3;/q+1;-1. The molecule has 0 amide bonds. The second kappa shape index (κ2) is 7.25. The Morgan fingerprint density at radius 3 is 1.75 bits per heavy atom. The molecule has 0 atom stereocenters. The van der Waals surface area contributed by atoms with E-state index in [0.29, 0.717) is 0 Å². The number of para-hydroxylation sites is 1. The molecule has 5 nitrogen and oxygen atoms in total. The minimum Gasteiger partial charge on any atom is -0.356 e. The van der Waals surface area contributed by atoms with Crippen LogP contribution in [0, 0.1) is 15.3 Å². The van der Waals surface area contributed by atoms with Crippen LogP contribution in [0.25, 0.3) is 0 Å². The summed E-state index contributed by atoms with van der Waals surface area (Å²) in [6.45, 7) is 1.02. The van der Waals surface area contributed by atoms with Crippen molar-refractivity contribution in [1.29, 1.82) is 0 Å². The van der Waals surface area contributed by atoms with Crippen molar-refractivity contribution in [3.63, 3.8) is 0 Å². The lowest BCUT2D eigenvalue weighted by molar-refractivity contribution is -0.402. The van der Waals surface area contributed by atoms with Gasteiger partial charge in [-0.2, -0.15) is 0 Å². The number of benzene rings is 2. The van der Waals surface area contributed by atoms with E-state index in [1.54, 1.807) is 0 Å². The molecule has 2 aromatic carbocycles. The highest BCUT2D eigenvalue weighted by Gasteiger charge is 2.18. The van der Waals surface area contributed by atoms with Gasteiger partial charge in [0, 0.05) is 5.56 Å². The first kappa shape index (κ1) is 15.7. The van der Waals surface area contributed by atoms with Crippen molar-refractivity contribution in [2.75, 3.05) is 14.1 Å². The average Bonchev–Trinajstić information content (AvgIpc) is 2.40. The summed E-state index contributed by atoms with van der Waals surface area (Å²) in [6.07, 6.45) is 0. The molecule has 0 saturated heterocycles. The Kier molecular flexibility index (Phi) is 5.68. The second-order valence-corrected chi connectivity index (χ2v) is 4.89. The minimum absolute atomic E-state index is 0.880. The summed E-state index contributed by atoms with van der Waals surface area (Å²) < 4.78 is 0.880. The van der Waals surface area contributed by atoms with Crippen LogP contribution in [0.1, 0.15) is 5.56 Å². The van der Waals surface area contributed by atoms with Gasteiger partial charge >= 0.3 is 0 Å². The highest BCUT2D eigenvalue weighted by Crippen LogP contribution is 2.21. The summed E-state index contributed by atoms with van der Waals surface area (Å²) in [5.74, 6) is 0. The van der Waals surface area contributed by atoms with Crippen molar-refractivity contribution in [3.05, 3.63) is 81.5 Å². The fourth-order valence-corrected chi connectivity index (χ4v) is 1.96. The molecule has 0 fully saturated rings. The molecule has 0 aliphatic heterocycles. The van der Waals surface area contributed by atoms with E-state index in [0.717, 1.165) is 11.0 Å². The Bertz CT molecular complexity index is 523. The first-order valence-corrected chi connectivity index (χ1v) is 6.16. The third-order valence-electron chi connectivity index (χ3n) is 2.88. The molecule has 2 rings (SSSR count). The zero-order valence-corrected chi connectivity index (χ0v) is 11.6. The van der Waals surface area contributed by atoms with E-state index in [9.17, 15) is 0 Å². The maximum Gasteiger partial charge on any atom is 0.132 e. The third-order valence-corrected chi connectivity index (χ3v) is 2.88. The van der Waals surface area contributed by atoms with Crippen molar-refractivity contribution in [3.8, 4) is 0 Å². The van der Waals surface area contributed by atoms with Crippen LogP contribution in [-0.4, -0.2) is 19.2 Å². The van der Waals surface area contributed by atoms with Gasteiger partial charge in [0.05, 0.1) is 19.2 Å². The summed E-state index contributed by atoms with van der Waals surface area (Å²) in [5, 5.41) is 14.8. The van der Waals surface area contributed by atoms with Gasteiger partial charge in [-0.05, 0) is 12.1 Å². The number of hydrogen-bond donors (Lipinski definition) is 0. The van der Waals surface area contributed by atoms with E-state index in [1.165, 1.54) is 11.3 Å². The Morgan fingerprint density at radius 1 is 0.900 bits per heavy atom. The van der Waals surface area contributed by atoms with Gasteiger partial charge in [0.25, 0.3) is 0 Å². The first-order chi connectivity index (χ1) is 9.42. The summed E-state index contributed by atoms with van der Waals surface area (Å²) >= 11 is 0. The number of rotatable bonds is 3. The lowest BCUT2D eigenvalue weighted by Gasteiger charge is -2.29. The van der Waals surface area contributed by atoms with Gasteiger partial charge in [-0.25, -0.2) is 0 Å². The van der Waals surface area contributed by atoms with Crippen LogP contribution >= 0.6 is 0 Å². The van der Waals surface area contributed by atoms with Crippen LogP contribution in [0.3, 0.4) is 0 Å². The number of hydrogen-bond acceptors (Lipinski definition) is 3. The van der Waals surface area contributed by atoms with Crippen LogP contribution in [0.2, 0.25) is 0 Å². The molecule has 2 aromatic rings. The smallest absolute Gasteiger partial charge is 0.132 e. The van der Waals surface area contributed by atoms with E-state index in [-0.39, 0.29) is 0 Å². The second-order valence-electron chi connectivity index (χ2n) is 4.89. The van der Waals surface area contributed by atoms with Gasteiger partial charge in [-0.1, -0.05) is 48.5 Å². The molecule has 0 unspecified atom stereocenters. The predicted molar refractivity (Wildman–Crippen MR) is 80.6 cm³/mol. The Labute approximate surface area is 118 Å². The van der Waals surface area contributed by atoms with E-state index in [2.05, 4.69) is 74.8 Å². The van der Waals surface area contributed by atoms with Crippen molar-refractivity contribution >= 4 is 5.69 Å². The zero-order valence-electron chi connectivity index (χ0n) is 11.6. The van der Waals surface area contributed by atoms with Gasteiger partial charge in [0.2, 0.25) is 0 Å². The monoisotopic (exact) mass is 274 g/mol. The summed E-state index contributed by atoms with van der Waals surface area (Å²) in [7, 11) is 4.48. The molecular formula is C15H18N2O3. The molecule has 0 heterocycles. The Hall–Kier alpha value is -2.40. The summed E-state index contributed by atoms with van der Waals surface area (Å²) in [6, 6.07) is 21.2. The van der Waals surface area contributed by atoms with Crippen LogP contribution in [0.4, 0.5) is 5.69 Å². The van der Waals surface area contributed by atoms with Crippen LogP contribution < -0.4 is 4.48 Å².